The third kappa shape index (κ3) is 1.90. The van der Waals surface area contributed by atoms with Crippen LogP contribution in [0.5, 0.6) is 0 Å². The summed E-state index contributed by atoms with van der Waals surface area (Å²) in [4.78, 5) is 34.0. The summed E-state index contributed by atoms with van der Waals surface area (Å²) < 4.78 is 0. The van der Waals surface area contributed by atoms with Gasteiger partial charge in [-0.05, 0) is 6.92 Å². The molecule has 0 saturated carbocycles. The molecular formula is C8H12N2O4. The normalized spacial score (nSPS) is 21.1. The number of hydrogen-bond acceptors (Lipinski definition) is 4. The van der Waals surface area contributed by atoms with E-state index in [2.05, 4.69) is 0 Å². The predicted octanol–water partition coefficient (Wildman–Crippen LogP) is -1.06. The first-order chi connectivity index (χ1) is 6.43. The number of carboxylic acids is 1. The quantitative estimate of drug-likeness (QED) is 0.553. The van der Waals surface area contributed by atoms with E-state index < -0.39 is 29.9 Å². The molecule has 1 aliphatic rings. The van der Waals surface area contributed by atoms with Crippen molar-refractivity contribution in [2.24, 2.45) is 5.73 Å². The van der Waals surface area contributed by atoms with Crippen LogP contribution in [0, 0.1) is 0 Å². The molecule has 78 valence electrons. The van der Waals surface area contributed by atoms with Gasteiger partial charge in [0.15, 0.2) is 0 Å². The molecule has 1 rings (SSSR count). The summed E-state index contributed by atoms with van der Waals surface area (Å²) in [5.41, 5.74) is 5.44. The summed E-state index contributed by atoms with van der Waals surface area (Å²) in [6, 6.07) is -1.59. The third-order valence-corrected chi connectivity index (χ3v) is 2.16. The van der Waals surface area contributed by atoms with Gasteiger partial charge in [0.1, 0.15) is 6.04 Å². The Kier molecular flexibility index (Phi) is 2.85. The average Bonchev–Trinajstić information content (AvgIpc) is 2.01. The molecule has 14 heavy (non-hydrogen) atoms. The molecule has 0 bridgehead atoms. The van der Waals surface area contributed by atoms with Crippen LogP contribution in [0.4, 0.5) is 0 Å². The molecule has 1 aliphatic heterocycles. The van der Waals surface area contributed by atoms with Gasteiger partial charge in [-0.25, -0.2) is 4.79 Å². The number of nitrogens with two attached hydrogens (primary N) is 1. The summed E-state index contributed by atoms with van der Waals surface area (Å²) >= 11 is 0. The second-order valence-corrected chi connectivity index (χ2v) is 3.34. The smallest absolute Gasteiger partial charge is 0.326 e. The number of aliphatic carboxylic acids is 1. The van der Waals surface area contributed by atoms with Gasteiger partial charge >= 0.3 is 5.97 Å². The summed E-state index contributed by atoms with van der Waals surface area (Å²) in [6.45, 7) is 1.30. The van der Waals surface area contributed by atoms with Crippen molar-refractivity contribution in [3.05, 3.63) is 0 Å². The van der Waals surface area contributed by atoms with Crippen LogP contribution in [0.2, 0.25) is 0 Å². The van der Waals surface area contributed by atoms with Crippen LogP contribution < -0.4 is 5.73 Å². The Hall–Kier alpha value is -1.43. The molecule has 1 heterocycles. The summed E-state index contributed by atoms with van der Waals surface area (Å²) in [7, 11) is 0. The zero-order valence-electron chi connectivity index (χ0n) is 7.77. The van der Waals surface area contributed by atoms with E-state index in [-0.39, 0.29) is 12.8 Å². The Morgan fingerprint density at radius 3 is 2.29 bits per heavy atom. The van der Waals surface area contributed by atoms with Crippen molar-refractivity contribution in [1.29, 1.82) is 0 Å². The van der Waals surface area contributed by atoms with Gasteiger partial charge in [-0.3, -0.25) is 14.5 Å². The summed E-state index contributed by atoms with van der Waals surface area (Å²) in [5, 5.41) is 8.66. The van der Waals surface area contributed by atoms with Crippen molar-refractivity contribution < 1.29 is 19.5 Å². The monoisotopic (exact) mass is 200 g/mol. The SMILES string of the molecule is C[C@@H](C(=O)O)N1C(=O)CC(N)CC1=O. The molecular weight excluding hydrogens is 188 g/mol. The van der Waals surface area contributed by atoms with E-state index in [1.54, 1.807) is 0 Å². The average molecular weight is 200 g/mol. The van der Waals surface area contributed by atoms with Crippen molar-refractivity contribution in [3.63, 3.8) is 0 Å². The fraction of sp³-hybridized carbons (Fsp3) is 0.625. The van der Waals surface area contributed by atoms with Crippen molar-refractivity contribution in [3.8, 4) is 0 Å². The summed E-state index contributed by atoms with van der Waals surface area (Å²) in [6.07, 6.45) is 0.0622. The molecule has 2 amide bonds. The lowest BCUT2D eigenvalue weighted by atomic mass is 10.0. The summed E-state index contributed by atoms with van der Waals surface area (Å²) in [5.74, 6) is -2.21. The Morgan fingerprint density at radius 1 is 1.50 bits per heavy atom. The first kappa shape index (κ1) is 10.6. The second-order valence-electron chi connectivity index (χ2n) is 3.34. The van der Waals surface area contributed by atoms with Crippen molar-refractivity contribution in [2.45, 2.75) is 31.8 Å². The number of amides is 2. The molecule has 1 fully saturated rings. The van der Waals surface area contributed by atoms with Crippen molar-refractivity contribution in [1.82, 2.24) is 4.90 Å². The Labute approximate surface area is 80.7 Å². The molecule has 0 aliphatic carbocycles. The molecule has 0 unspecified atom stereocenters. The third-order valence-electron chi connectivity index (χ3n) is 2.16. The van der Waals surface area contributed by atoms with Crippen LogP contribution >= 0.6 is 0 Å². The molecule has 0 radical (unpaired) electrons. The van der Waals surface area contributed by atoms with Gasteiger partial charge in [0, 0.05) is 18.9 Å². The number of piperidine rings is 1. The van der Waals surface area contributed by atoms with Gasteiger partial charge in [0.05, 0.1) is 0 Å². The molecule has 0 aromatic heterocycles. The highest BCUT2D eigenvalue weighted by atomic mass is 16.4. The molecule has 6 heteroatoms. The lowest BCUT2D eigenvalue weighted by Crippen LogP contribution is -2.53. The molecule has 6 nitrogen and oxygen atoms in total. The number of carboxylic acid groups (broad SMARTS) is 1. The number of carbonyl (C=O) groups excluding carboxylic acids is 2. The number of likely N-dealkylation sites (tertiary alicyclic amines) is 1. The number of rotatable bonds is 2. The lowest BCUT2D eigenvalue weighted by Gasteiger charge is -2.30. The van der Waals surface area contributed by atoms with Gasteiger partial charge in [-0.1, -0.05) is 0 Å². The molecule has 0 spiro atoms. The van der Waals surface area contributed by atoms with Crippen LogP contribution in [-0.4, -0.2) is 39.9 Å². The number of carbonyl (C=O) groups is 3. The molecule has 1 saturated heterocycles. The van der Waals surface area contributed by atoms with Crippen LogP contribution in [0.3, 0.4) is 0 Å². The first-order valence-electron chi connectivity index (χ1n) is 4.26. The van der Waals surface area contributed by atoms with E-state index in [0.29, 0.717) is 0 Å². The van der Waals surface area contributed by atoms with Gasteiger partial charge in [0.25, 0.3) is 0 Å². The standard InChI is InChI=1S/C8H12N2O4/c1-4(8(13)14)10-6(11)2-5(9)3-7(10)12/h4-5H,2-3,9H2,1H3,(H,13,14)/t4-/m0/s1. The highest BCUT2D eigenvalue weighted by Crippen LogP contribution is 2.14. The zero-order chi connectivity index (χ0) is 10.9. The molecule has 0 aromatic rings. The van der Waals surface area contributed by atoms with Gasteiger partial charge in [-0.15, -0.1) is 0 Å². The van der Waals surface area contributed by atoms with E-state index in [4.69, 9.17) is 10.8 Å². The molecule has 0 aromatic carbocycles. The van der Waals surface area contributed by atoms with E-state index in [9.17, 15) is 14.4 Å². The van der Waals surface area contributed by atoms with Gasteiger partial charge < -0.3 is 10.8 Å². The topological polar surface area (TPSA) is 101 Å². The zero-order valence-corrected chi connectivity index (χ0v) is 7.77. The minimum Gasteiger partial charge on any atom is -0.480 e. The molecule has 3 N–H and O–H groups in total. The van der Waals surface area contributed by atoms with Crippen LogP contribution in [0.1, 0.15) is 19.8 Å². The van der Waals surface area contributed by atoms with E-state index in [1.807, 2.05) is 0 Å². The second kappa shape index (κ2) is 3.75. The first-order valence-corrected chi connectivity index (χ1v) is 4.26. The van der Waals surface area contributed by atoms with Crippen molar-refractivity contribution >= 4 is 17.8 Å². The van der Waals surface area contributed by atoms with Crippen LogP contribution in [0.15, 0.2) is 0 Å². The van der Waals surface area contributed by atoms with E-state index in [1.165, 1.54) is 6.92 Å². The number of nitrogens with zero attached hydrogens (tertiary/aromatic N) is 1. The maximum absolute atomic E-state index is 11.3. The van der Waals surface area contributed by atoms with E-state index in [0.717, 1.165) is 4.90 Å². The fourth-order valence-corrected chi connectivity index (χ4v) is 1.40. The minimum atomic E-state index is -1.19. The fourth-order valence-electron chi connectivity index (χ4n) is 1.40. The maximum atomic E-state index is 11.3. The van der Waals surface area contributed by atoms with Gasteiger partial charge in [-0.2, -0.15) is 0 Å². The number of imide groups is 1. The largest absolute Gasteiger partial charge is 0.480 e. The maximum Gasteiger partial charge on any atom is 0.326 e. The Morgan fingerprint density at radius 2 is 1.93 bits per heavy atom. The van der Waals surface area contributed by atoms with Gasteiger partial charge in [0.2, 0.25) is 11.8 Å². The number of hydrogen-bond donors (Lipinski definition) is 2. The van der Waals surface area contributed by atoms with Crippen molar-refractivity contribution in [2.75, 3.05) is 0 Å². The highest BCUT2D eigenvalue weighted by molar-refractivity contribution is 6.01. The Bertz CT molecular complexity index is 271. The van der Waals surface area contributed by atoms with Crippen LogP contribution in [0.25, 0.3) is 0 Å². The molecule has 1 atom stereocenters. The minimum absolute atomic E-state index is 0.0311. The van der Waals surface area contributed by atoms with E-state index >= 15 is 0 Å². The van der Waals surface area contributed by atoms with Crippen LogP contribution in [-0.2, 0) is 14.4 Å². The Balaban J connectivity index is 2.82. The lowest BCUT2D eigenvalue weighted by molar-refractivity contribution is -0.159. The highest BCUT2D eigenvalue weighted by Gasteiger charge is 2.36. The predicted molar refractivity (Wildman–Crippen MR) is 46.2 cm³/mol.